The molecule has 3 aromatic carbocycles. The number of hydrogen-bond acceptors (Lipinski definition) is 5. The number of anilines is 1. The average Bonchev–Trinajstić information content (AvgIpc) is 3.31. The van der Waals surface area contributed by atoms with E-state index in [1.807, 2.05) is 29.2 Å². The Kier molecular flexibility index (Phi) is 7.46. The van der Waals surface area contributed by atoms with E-state index in [4.69, 9.17) is 0 Å². The van der Waals surface area contributed by atoms with Gasteiger partial charge in [-0.3, -0.25) is 9.59 Å². The number of amides is 2. The topological polar surface area (TPSA) is 103 Å². The van der Waals surface area contributed by atoms with Gasteiger partial charge in [0, 0.05) is 59.6 Å². The highest BCUT2D eigenvalue weighted by Gasteiger charge is 2.31. The van der Waals surface area contributed by atoms with Gasteiger partial charge in [0.2, 0.25) is 5.91 Å². The van der Waals surface area contributed by atoms with E-state index in [0.29, 0.717) is 43.0 Å². The summed E-state index contributed by atoms with van der Waals surface area (Å²) in [6, 6.07) is 17.1. The van der Waals surface area contributed by atoms with Gasteiger partial charge in [-0.2, -0.15) is 0 Å². The maximum absolute atomic E-state index is 13.8. The van der Waals surface area contributed by atoms with E-state index in [1.54, 1.807) is 35.4 Å². The van der Waals surface area contributed by atoms with Crippen LogP contribution in [0, 0.1) is 5.82 Å². The lowest BCUT2D eigenvalue weighted by molar-refractivity contribution is -0.133. The zero-order valence-electron chi connectivity index (χ0n) is 21.0. The first-order chi connectivity index (χ1) is 18.6. The van der Waals surface area contributed by atoms with Gasteiger partial charge in [0.05, 0.1) is 10.6 Å². The molecule has 39 heavy (non-hydrogen) atoms. The van der Waals surface area contributed by atoms with Crippen LogP contribution in [0.4, 0.5) is 10.1 Å². The molecule has 1 saturated heterocycles. The lowest BCUT2D eigenvalue weighted by Crippen LogP contribution is -2.52. The quantitative estimate of drug-likeness (QED) is 0.338. The number of aromatic nitrogens is 1. The van der Waals surface area contributed by atoms with Crippen molar-refractivity contribution in [2.75, 3.05) is 37.3 Å². The monoisotopic (exact) mass is 612 g/mol. The van der Waals surface area contributed by atoms with E-state index in [0.717, 1.165) is 27.7 Å². The average molecular weight is 614 g/mol. The van der Waals surface area contributed by atoms with Gasteiger partial charge in [-0.15, -0.1) is 0 Å². The number of carbonyl (C=O) groups is 2. The summed E-state index contributed by atoms with van der Waals surface area (Å²) in [4.78, 5) is 33.5. The number of sulfone groups is 1. The summed E-state index contributed by atoms with van der Waals surface area (Å²) in [7, 11) is -3.65. The lowest BCUT2D eigenvalue weighted by atomic mass is 10.0. The van der Waals surface area contributed by atoms with E-state index in [9.17, 15) is 22.4 Å². The summed E-state index contributed by atoms with van der Waals surface area (Å²) in [5.41, 5.74) is 2.27. The molecular formula is C28H26BrFN4O4S. The molecule has 1 aliphatic rings. The second kappa shape index (κ2) is 10.8. The van der Waals surface area contributed by atoms with Crippen molar-refractivity contribution >= 4 is 54.2 Å². The Morgan fingerprint density at radius 1 is 1.00 bits per heavy atom. The van der Waals surface area contributed by atoms with Crippen molar-refractivity contribution in [1.29, 1.82) is 0 Å². The summed E-state index contributed by atoms with van der Waals surface area (Å²) < 4.78 is 39.2. The van der Waals surface area contributed by atoms with Gasteiger partial charge in [0.25, 0.3) is 5.91 Å². The van der Waals surface area contributed by atoms with E-state index < -0.39 is 21.7 Å². The molecule has 1 aromatic heterocycles. The fourth-order valence-electron chi connectivity index (χ4n) is 4.78. The first-order valence-electron chi connectivity index (χ1n) is 12.3. The molecule has 1 atom stereocenters. The molecule has 5 rings (SSSR count). The van der Waals surface area contributed by atoms with Crippen molar-refractivity contribution in [3.8, 4) is 0 Å². The van der Waals surface area contributed by atoms with Crippen molar-refractivity contribution in [3.05, 3.63) is 94.3 Å². The van der Waals surface area contributed by atoms with Crippen LogP contribution in [0.2, 0.25) is 0 Å². The van der Waals surface area contributed by atoms with Crippen molar-refractivity contribution in [3.63, 3.8) is 0 Å². The molecule has 202 valence electrons. The molecule has 2 N–H and O–H groups in total. The molecule has 8 nitrogen and oxygen atoms in total. The second-order valence-corrected chi connectivity index (χ2v) is 12.2. The molecule has 4 aromatic rings. The third-order valence-corrected chi connectivity index (χ3v) is 8.58. The zero-order chi connectivity index (χ0) is 27.7. The largest absolute Gasteiger partial charge is 0.367 e. The Labute approximate surface area is 233 Å². The minimum absolute atomic E-state index is 0.0808. The molecule has 0 aliphatic carbocycles. The van der Waals surface area contributed by atoms with Crippen LogP contribution in [0.3, 0.4) is 0 Å². The summed E-state index contributed by atoms with van der Waals surface area (Å²) in [5.74, 6) is -1.27. The van der Waals surface area contributed by atoms with Crippen LogP contribution in [-0.2, 0) is 14.6 Å². The molecule has 0 bridgehead atoms. The molecule has 2 heterocycles. The third-order valence-electron chi connectivity index (χ3n) is 6.80. The highest BCUT2D eigenvalue weighted by Crippen LogP contribution is 2.28. The third kappa shape index (κ3) is 5.69. The molecule has 0 radical (unpaired) electrons. The normalized spacial score (nSPS) is 14.8. The first kappa shape index (κ1) is 26.9. The van der Waals surface area contributed by atoms with Crippen LogP contribution in [0.25, 0.3) is 10.9 Å². The Morgan fingerprint density at radius 3 is 2.41 bits per heavy atom. The minimum Gasteiger partial charge on any atom is -0.367 e. The minimum atomic E-state index is -3.65. The summed E-state index contributed by atoms with van der Waals surface area (Å²) in [6.07, 6.45) is 2.84. The number of nitrogens with one attached hydrogen (secondary N) is 2. The van der Waals surface area contributed by atoms with Gasteiger partial charge >= 0.3 is 0 Å². The molecule has 11 heteroatoms. The van der Waals surface area contributed by atoms with E-state index in [-0.39, 0.29) is 16.7 Å². The Hall–Kier alpha value is -3.70. The zero-order valence-corrected chi connectivity index (χ0v) is 23.4. The summed E-state index contributed by atoms with van der Waals surface area (Å²) in [5, 5.41) is 3.85. The number of H-pyrrole nitrogens is 1. The number of fused-ring (bicyclic) bond motifs is 1. The predicted octanol–water partition coefficient (Wildman–Crippen LogP) is 4.29. The smallest absolute Gasteiger partial charge is 0.252 e. The van der Waals surface area contributed by atoms with Crippen molar-refractivity contribution in [2.45, 2.75) is 10.9 Å². The molecule has 2 amide bonds. The van der Waals surface area contributed by atoms with Crippen molar-refractivity contribution < 1.29 is 22.4 Å². The molecule has 0 spiro atoms. The number of carbonyl (C=O) groups excluding carboxylic acids is 2. The molecule has 0 unspecified atom stereocenters. The van der Waals surface area contributed by atoms with E-state index in [1.165, 1.54) is 12.1 Å². The SMILES string of the molecule is CS(=O)(=O)c1cc(F)ccc1N1CCN(C(=O)[C@H](NC(=O)c2ccc3c(Br)c[nH]c3c2)c2ccccc2)CC1. The second-order valence-electron chi connectivity index (χ2n) is 9.41. The first-order valence-corrected chi connectivity index (χ1v) is 15.0. The highest BCUT2D eigenvalue weighted by atomic mass is 79.9. The molecule has 1 fully saturated rings. The summed E-state index contributed by atoms with van der Waals surface area (Å²) >= 11 is 3.47. The van der Waals surface area contributed by atoms with Gasteiger partial charge < -0.3 is 20.1 Å². The van der Waals surface area contributed by atoms with Crippen LogP contribution in [0.15, 0.2) is 82.3 Å². The van der Waals surface area contributed by atoms with E-state index >= 15 is 0 Å². The lowest BCUT2D eigenvalue weighted by Gasteiger charge is -2.38. The van der Waals surface area contributed by atoms with Crippen molar-refractivity contribution in [1.82, 2.24) is 15.2 Å². The van der Waals surface area contributed by atoms with Gasteiger partial charge in [-0.25, -0.2) is 12.8 Å². The number of rotatable bonds is 6. The summed E-state index contributed by atoms with van der Waals surface area (Å²) in [6.45, 7) is 1.32. The van der Waals surface area contributed by atoms with Crippen LogP contribution in [0.1, 0.15) is 22.0 Å². The Morgan fingerprint density at radius 2 is 1.72 bits per heavy atom. The Bertz CT molecular complexity index is 1650. The van der Waals surface area contributed by atoms with Gasteiger partial charge in [-0.1, -0.05) is 36.4 Å². The van der Waals surface area contributed by atoms with Crippen LogP contribution in [0.5, 0.6) is 0 Å². The van der Waals surface area contributed by atoms with Crippen LogP contribution in [-0.4, -0.2) is 62.6 Å². The van der Waals surface area contributed by atoms with Gasteiger partial charge in [0.15, 0.2) is 9.84 Å². The number of aromatic amines is 1. The Balaban J connectivity index is 1.35. The number of piperazine rings is 1. The number of halogens is 2. The molecule has 1 aliphatic heterocycles. The predicted molar refractivity (Wildman–Crippen MR) is 151 cm³/mol. The van der Waals surface area contributed by atoms with Crippen LogP contribution >= 0.6 is 15.9 Å². The number of benzene rings is 3. The van der Waals surface area contributed by atoms with Gasteiger partial charge in [-0.05, 0) is 51.8 Å². The molecular weight excluding hydrogens is 587 g/mol. The molecule has 0 saturated carbocycles. The maximum Gasteiger partial charge on any atom is 0.252 e. The highest BCUT2D eigenvalue weighted by molar-refractivity contribution is 9.10. The number of hydrogen-bond donors (Lipinski definition) is 2. The maximum atomic E-state index is 13.8. The van der Waals surface area contributed by atoms with Crippen molar-refractivity contribution in [2.24, 2.45) is 0 Å². The van der Waals surface area contributed by atoms with Gasteiger partial charge in [0.1, 0.15) is 11.9 Å². The number of nitrogens with zero attached hydrogens (tertiary/aromatic N) is 2. The fourth-order valence-corrected chi connectivity index (χ4v) is 6.14. The van der Waals surface area contributed by atoms with Crippen LogP contribution < -0.4 is 10.2 Å². The fraction of sp³-hybridized carbons (Fsp3) is 0.214. The standard InChI is InChI=1S/C28H26BrFN4O4S/c1-39(37,38)25-16-20(30)8-10-24(25)33-11-13-34(14-12-33)28(36)26(18-5-3-2-4-6-18)32-27(35)19-7-9-21-22(29)17-31-23(21)15-19/h2-10,15-17,26,31H,11-14H2,1H3,(H,32,35)/t26-/m1/s1. The van der Waals surface area contributed by atoms with E-state index in [2.05, 4.69) is 26.2 Å².